The standard InChI is InChI=1S/C20H13BrN4O2/c21-13-3-1-2-11(6-13)14-8-15(25-20-18(14)19(22)23-9-24-20)12-4-5-16-17(7-12)27-10-26-16/h1-9H,10H2,(H2,22,23,24,25). The third kappa shape index (κ3) is 2.76. The molecule has 2 aromatic heterocycles. The van der Waals surface area contributed by atoms with Crippen LogP contribution in [-0.2, 0) is 0 Å². The Kier molecular flexibility index (Phi) is 3.68. The summed E-state index contributed by atoms with van der Waals surface area (Å²) in [4.78, 5) is 13.2. The molecule has 0 saturated carbocycles. The highest BCUT2D eigenvalue weighted by molar-refractivity contribution is 9.10. The number of pyridine rings is 1. The number of nitrogens with two attached hydrogens (primary N) is 1. The van der Waals surface area contributed by atoms with Crippen molar-refractivity contribution in [3.05, 3.63) is 59.3 Å². The van der Waals surface area contributed by atoms with E-state index in [2.05, 4.69) is 25.9 Å². The predicted octanol–water partition coefficient (Wildman–Crippen LogP) is 4.43. The molecule has 2 aromatic carbocycles. The fraction of sp³-hybridized carbons (Fsp3) is 0.0500. The largest absolute Gasteiger partial charge is 0.454 e. The Balaban J connectivity index is 1.78. The number of halogens is 1. The van der Waals surface area contributed by atoms with Crippen LogP contribution in [-0.4, -0.2) is 21.7 Å². The normalized spacial score (nSPS) is 12.5. The van der Waals surface area contributed by atoms with Crippen LogP contribution < -0.4 is 15.2 Å². The van der Waals surface area contributed by atoms with Crippen LogP contribution in [0.4, 0.5) is 5.82 Å². The van der Waals surface area contributed by atoms with E-state index in [1.165, 1.54) is 6.33 Å². The van der Waals surface area contributed by atoms with Crippen LogP contribution in [0.3, 0.4) is 0 Å². The van der Waals surface area contributed by atoms with Gasteiger partial charge >= 0.3 is 0 Å². The van der Waals surface area contributed by atoms with Gasteiger partial charge in [-0.25, -0.2) is 15.0 Å². The van der Waals surface area contributed by atoms with Gasteiger partial charge in [-0.15, -0.1) is 0 Å². The average molecular weight is 421 g/mol. The van der Waals surface area contributed by atoms with E-state index in [4.69, 9.17) is 20.2 Å². The minimum absolute atomic E-state index is 0.233. The highest BCUT2D eigenvalue weighted by Crippen LogP contribution is 2.38. The lowest BCUT2D eigenvalue weighted by atomic mass is 9.99. The second-order valence-corrected chi connectivity index (χ2v) is 7.01. The minimum atomic E-state index is 0.233. The number of ether oxygens (including phenoxy) is 2. The Hall–Kier alpha value is -3.19. The Labute approximate surface area is 163 Å². The minimum Gasteiger partial charge on any atom is -0.454 e. The molecule has 6 nitrogen and oxygen atoms in total. The van der Waals surface area contributed by atoms with Gasteiger partial charge < -0.3 is 15.2 Å². The lowest BCUT2D eigenvalue weighted by molar-refractivity contribution is 0.174. The average Bonchev–Trinajstić information content (AvgIpc) is 3.15. The fourth-order valence-electron chi connectivity index (χ4n) is 3.18. The van der Waals surface area contributed by atoms with Crippen molar-refractivity contribution < 1.29 is 9.47 Å². The van der Waals surface area contributed by atoms with Crippen LogP contribution in [0.2, 0.25) is 0 Å². The summed E-state index contributed by atoms with van der Waals surface area (Å²) < 4.78 is 11.9. The highest BCUT2D eigenvalue weighted by Gasteiger charge is 2.17. The molecule has 0 fully saturated rings. The zero-order valence-electron chi connectivity index (χ0n) is 14.0. The number of fused-ring (bicyclic) bond motifs is 2. The molecule has 1 aliphatic heterocycles. The van der Waals surface area contributed by atoms with Gasteiger partial charge in [-0.1, -0.05) is 28.1 Å². The summed E-state index contributed by atoms with van der Waals surface area (Å²) in [5.41, 5.74) is 10.3. The second-order valence-electron chi connectivity index (χ2n) is 6.09. The fourth-order valence-corrected chi connectivity index (χ4v) is 3.57. The molecular weight excluding hydrogens is 408 g/mol. The monoisotopic (exact) mass is 420 g/mol. The van der Waals surface area contributed by atoms with Crippen molar-refractivity contribution in [3.8, 4) is 33.9 Å². The lowest BCUT2D eigenvalue weighted by Crippen LogP contribution is -1.98. The third-order valence-corrected chi connectivity index (χ3v) is 4.93. The van der Waals surface area contributed by atoms with E-state index in [0.29, 0.717) is 17.2 Å². The summed E-state index contributed by atoms with van der Waals surface area (Å²) in [6, 6.07) is 15.8. The van der Waals surface area contributed by atoms with Crippen molar-refractivity contribution in [1.82, 2.24) is 15.0 Å². The maximum atomic E-state index is 6.16. The van der Waals surface area contributed by atoms with Crippen LogP contribution in [0.15, 0.2) is 59.3 Å². The molecule has 0 spiro atoms. The first kappa shape index (κ1) is 16.0. The predicted molar refractivity (Wildman–Crippen MR) is 106 cm³/mol. The van der Waals surface area contributed by atoms with Crippen LogP contribution in [0.25, 0.3) is 33.4 Å². The van der Waals surface area contributed by atoms with Crippen LogP contribution in [0.5, 0.6) is 11.5 Å². The van der Waals surface area contributed by atoms with Crippen molar-refractivity contribution in [2.75, 3.05) is 12.5 Å². The highest BCUT2D eigenvalue weighted by atomic mass is 79.9. The first-order valence-electron chi connectivity index (χ1n) is 8.26. The molecule has 0 radical (unpaired) electrons. The zero-order valence-corrected chi connectivity index (χ0v) is 15.6. The van der Waals surface area contributed by atoms with E-state index >= 15 is 0 Å². The van der Waals surface area contributed by atoms with Crippen LogP contribution in [0, 0.1) is 0 Å². The Morgan fingerprint density at radius 2 is 1.81 bits per heavy atom. The number of hydrogen-bond acceptors (Lipinski definition) is 6. The maximum absolute atomic E-state index is 6.16. The van der Waals surface area contributed by atoms with Crippen molar-refractivity contribution in [1.29, 1.82) is 0 Å². The number of hydrogen-bond donors (Lipinski definition) is 1. The van der Waals surface area contributed by atoms with Crippen LogP contribution >= 0.6 is 15.9 Å². The topological polar surface area (TPSA) is 83.2 Å². The van der Waals surface area contributed by atoms with Crippen molar-refractivity contribution in [2.45, 2.75) is 0 Å². The van der Waals surface area contributed by atoms with Gasteiger partial charge in [-0.3, -0.25) is 0 Å². The number of rotatable bonds is 2. The summed E-state index contributed by atoms with van der Waals surface area (Å²) in [5.74, 6) is 1.85. The molecule has 132 valence electrons. The third-order valence-electron chi connectivity index (χ3n) is 4.44. The Bertz CT molecular complexity index is 1200. The molecule has 0 unspecified atom stereocenters. The van der Waals surface area contributed by atoms with E-state index < -0.39 is 0 Å². The van der Waals surface area contributed by atoms with Gasteiger partial charge in [0.15, 0.2) is 17.1 Å². The van der Waals surface area contributed by atoms with Gasteiger partial charge in [-0.2, -0.15) is 0 Å². The SMILES string of the molecule is Nc1ncnc2nc(-c3ccc4c(c3)OCO4)cc(-c3cccc(Br)c3)c12. The molecule has 3 heterocycles. The summed E-state index contributed by atoms with van der Waals surface area (Å²) in [6.45, 7) is 0.233. The number of benzene rings is 2. The van der Waals surface area contributed by atoms with Gasteiger partial charge in [0.2, 0.25) is 6.79 Å². The molecule has 1 aliphatic rings. The molecule has 0 aliphatic carbocycles. The van der Waals surface area contributed by atoms with Gasteiger partial charge in [0, 0.05) is 10.0 Å². The van der Waals surface area contributed by atoms with Crippen molar-refractivity contribution in [2.24, 2.45) is 0 Å². The second kappa shape index (κ2) is 6.21. The number of nitrogens with zero attached hydrogens (tertiary/aromatic N) is 3. The molecular formula is C20H13BrN4O2. The molecule has 4 aromatic rings. The first-order valence-corrected chi connectivity index (χ1v) is 9.05. The van der Waals surface area contributed by atoms with Crippen molar-refractivity contribution in [3.63, 3.8) is 0 Å². The number of aromatic nitrogens is 3. The number of anilines is 1. The summed E-state index contributed by atoms with van der Waals surface area (Å²) in [7, 11) is 0. The van der Waals surface area contributed by atoms with E-state index in [-0.39, 0.29) is 6.79 Å². The van der Waals surface area contributed by atoms with E-state index in [1.54, 1.807) is 0 Å². The molecule has 0 atom stereocenters. The molecule has 0 saturated heterocycles. The first-order chi connectivity index (χ1) is 13.2. The summed E-state index contributed by atoms with van der Waals surface area (Å²) in [6.07, 6.45) is 1.43. The van der Waals surface area contributed by atoms with Crippen molar-refractivity contribution >= 4 is 32.8 Å². The van der Waals surface area contributed by atoms with E-state index in [1.807, 2.05) is 48.5 Å². The van der Waals surface area contributed by atoms with Crippen LogP contribution in [0.1, 0.15) is 0 Å². The van der Waals surface area contributed by atoms with Gasteiger partial charge in [0.1, 0.15) is 12.1 Å². The van der Waals surface area contributed by atoms with E-state index in [0.717, 1.165) is 38.0 Å². The summed E-state index contributed by atoms with van der Waals surface area (Å²) in [5, 5.41) is 0.736. The molecule has 27 heavy (non-hydrogen) atoms. The zero-order chi connectivity index (χ0) is 18.4. The van der Waals surface area contributed by atoms with Gasteiger partial charge in [0.25, 0.3) is 0 Å². The smallest absolute Gasteiger partial charge is 0.231 e. The summed E-state index contributed by atoms with van der Waals surface area (Å²) >= 11 is 3.53. The molecule has 0 amide bonds. The molecule has 2 N–H and O–H groups in total. The molecule has 0 bridgehead atoms. The number of nitrogen functional groups attached to an aromatic ring is 1. The maximum Gasteiger partial charge on any atom is 0.231 e. The Morgan fingerprint density at radius 3 is 2.70 bits per heavy atom. The van der Waals surface area contributed by atoms with Gasteiger partial charge in [-0.05, 0) is 47.5 Å². The van der Waals surface area contributed by atoms with E-state index in [9.17, 15) is 0 Å². The molecule has 5 rings (SSSR count). The van der Waals surface area contributed by atoms with Gasteiger partial charge in [0.05, 0.1) is 11.1 Å². The Morgan fingerprint density at radius 1 is 0.926 bits per heavy atom. The quantitative estimate of drug-likeness (QED) is 0.516. The molecule has 7 heteroatoms. The lowest BCUT2D eigenvalue weighted by Gasteiger charge is -2.11.